The van der Waals surface area contributed by atoms with E-state index in [4.69, 9.17) is 0 Å². The second-order valence-electron chi connectivity index (χ2n) is 6.84. The first kappa shape index (κ1) is 19.0. The van der Waals surface area contributed by atoms with Crippen LogP contribution in [0.2, 0.25) is 0 Å². The Kier molecular flexibility index (Phi) is 4.50. The normalized spacial score (nSPS) is 16.1. The molecule has 3 aromatic heterocycles. The van der Waals surface area contributed by atoms with Gasteiger partial charge in [-0.3, -0.25) is 10.2 Å². The van der Waals surface area contributed by atoms with E-state index in [2.05, 4.69) is 35.1 Å². The highest BCUT2D eigenvalue weighted by Crippen LogP contribution is 2.41. The molecular weight excluding hydrogens is 410 g/mol. The quantitative estimate of drug-likeness (QED) is 0.644. The molecule has 31 heavy (non-hydrogen) atoms. The Balaban J connectivity index is 1.48. The zero-order valence-corrected chi connectivity index (χ0v) is 16.0. The number of nitrogens with one attached hydrogen (secondary N) is 2. The predicted molar refractivity (Wildman–Crippen MR) is 107 cm³/mol. The van der Waals surface area contributed by atoms with E-state index in [1.165, 1.54) is 17.2 Å². The van der Waals surface area contributed by atoms with Crippen LogP contribution in [0.15, 0.2) is 48.8 Å². The van der Waals surface area contributed by atoms with Gasteiger partial charge in [-0.2, -0.15) is 0 Å². The molecular formula is C20H16F2N6O3. The number of alkyl halides is 2. The molecule has 0 aliphatic carbocycles. The summed E-state index contributed by atoms with van der Waals surface area (Å²) in [4.78, 5) is 27.1. The van der Waals surface area contributed by atoms with Crippen molar-refractivity contribution in [1.82, 2.24) is 15.0 Å². The van der Waals surface area contributed by atoms with Crippen molar-refractivity contribution >= 4 is 23.4 Å². The fraction of sp³-hybridized carbons (Fsp3) is 0.200. The van der Waals surface area contributed by atoms with Crippen molar-refractivity contribution in [3.05, 3.63) is 48.8 Å². The van der Waals surface area contributed by atoms with Crippen molar-refractivity contribution < 1.29 is 23.0 Å². The van der Waals surface area contributed by atoms with Gasteiger partial charge in [0.15, 0.2) is 11.6 Å². The molecule has 2 aliphatic heterocycles. The number of nitrogens with zero attached hydrogens (tertiary/aromatic N) is 4. The van der Waals surface area contributed by atoms with Crippen LogP contribution in [0.1, 0.15) is 6.42 Å². The monoisotopic (exact) mass is 426 g/mol. The molecule has 0 atom stereocenters. The number of urea groups is 1. The third-order valence-corrected chi connectivity index (χ3v) is 4.71. The third kappa shape index (κ3) is 3.77. The maximum Gasteiger partial charge on any atom is 0.587 e. The highest BCUT2D eigenvalue weighted by molar-refractivity contribution is 6.02. The maximum atomic E-state index is 13.3. The van der Waals surface area contributed by atoms with E-state index in [-0.39, 0.29) is 17.7 Å². The van der Waals surface area contributed by atoms with E-state index < -0.39 is 6.29 Å². The van der Waals surface area contributed by atoms with Crippen LogP contribution < -0.4 is 25.0 Å². The summed E-state index contributed by atoms with van der Waals surface area (Å²) in [6.07, 6.45) is -0.0950. The van der Waals surface area contributed by atoms with Crippen LogP contribution in [0, 0.1) is 0 Å². The van der Waals surface area contributed by atoms with E-state index >= 15 is 0 Å². The van der Waals surface area contributed by atoms with Crippen molar-refractivity contribution in [2.24, 2.45) is 0 Å². The molecule has 11 heteroatoms. The number of hydrogen-bond acceptors (Lipinski definition) is 7. The summed E-state index contributed by atoms with van der Waals surface area (Å²) in [7, 11) is 0. The smallest absolute Gasteiger partial charge is 0.393 e. The topological polar surface area (TPSA) is 102 Å². The Morgan fingerprint density at radius 1 is 1.19 bits per heavy atom. The average Bonchev–Trinajstić information content (AvgIpc) is 2.92. The molecule has 5 heterocycles. The number of ether oxygens (including phenoxy) is 2. The first-order chi connectivity index (χ1) is 15.0. The van der Waals surface area contributed by atoms with Gasteiger partial charge in [-0.05, 0) is 36.8 Å². The summed E-state index contributed by atoms with van der Waals surface area (Å²) in [5.74, 6) is 0.360. The molecule has 9 nitrogen and oxygen atoms in total. The Bertz CT molecular complexity index is 1150. The molecule has 2 amide bonds. The summed E-state index contributed by atoms with van der Waals surface area (Å²) in [6, 6.07) is 9.70. The van der Waals surface area contributed by atoms with Crippen molar-refractivity contribution in [3.63, 3.8) is 0 Å². The Hall–Kier alpha value is -4.02. The van der Waals surface area contributed by atoms with Gasteiger partial charge in [-0.1, -0.05) is 6.07 Å². The van der Waals surface area contributed by atoms with Crippen LogP contribution in [0.25, 0.3) is 11.3 Å². The highest BCUT2D eigenvalue weighted by atomic mass is 19.3. The van der Waals surface area contributed by atoms with Crippen LogP contribution in [-0.2, 0) is 0 Å². The lowest BCUT2D eigenvalue weighted by Gasteiger charge is -2.22. The zero-order valence-electron chi connectivity index (χ0n) is 16.0. The first-order valence-electron chi connectivity index (χ1n) is 9.49. The molecule has 0 bridgehead atoms. The molecule has 5 rings (SSSR count). The standard InChI is InChI=1S/C20H16F2N6O3/c21-20(22)30-15-10-12(11-25-18(15)31-20)13-5-6-14-17(26-13)28(9-3-8-23-14)19(29)27-16-4-1-2-7-24-16/h1-2,4-7,10-11,23H,3,8-9H2,(H,24,27,29). The Morgan fingerprint density at radius 2 is 2.10 bits per heavy atom. The van der Waals surface area contributed by atoms with Crippen LogP contribution in [0.3, 0.4) is 0 Å². The highest BCUT2D eigenvalue weighted by Gasteiger charge is 2.44. The fourth-order valence-corrected chi connectivity index (χ4v) is 3.31. The number of carbonyl (C=O) groups is 1. The van der Waals surface area contributed by atoms with Crippen LogP contribution in [-0.4, -0.2) is 40.4 Å². The molecule has 0 saturated carbocycles. The molecule has 0 unspecified atom stereocenters. The van der Waals surface area contributed by atoms with Gasteiger partial charge in [0.25, 0.3) is 5.88 Å². The lowest BCUT2D eigenvalue weighted by atomic mass is 10.1. The number of halogens is 2. The van der Waals surface area contributed by atoms with E-state index in [1.807, 2.05) is 0 Å². The van der Waals surface area contributed by atoms with Gasteiger partial charge in [0, 0.05) is 31.0 Å². The van der Waals surface area contributed by atoms with Crippen molar-refractivity contribution in [3.8, 4) is 22.9 Å². The third-order valence-electron chi connectivity index (χ3n) is 4.71. The van der Waals surface area contributed by atoms with Gasteiger partial charge >= 0.3 is 12.3 Å². The van der Waals surface area contributed by atoms with Gasteiger partial charge in [-0.25, -0.2) is 19.7 Å². The lowest BCUT2D eigenvalue weighted by molar-refractivity contribution is -0.287. The molecule has 3 aromatic rings. The first-order valence-corrected chi connectivity index (χ1v) is 9.49. The summed E-state index contributed by atoms with van der Waals surface area (Å²) in [5.41, 5.74) is 1.56. The number of aromatic nitrogens is 3. The molecule has 0 aromatic carbocycles. The Morgan fingerprint density at radius 3 is 2.94 bits per heavy atom. The number of pyridine rings is 3. The number of amides is 2. The van der Waals surface area contributed by atoms with E-state index in [1.54, 1.807) is 36.5 Å². The van der Waals surface area contributed by atoms with Crippen molar-refractivity contribution in [2.45, 2.75) is 12.7 Å². The maximum absolute atomic E-state index is 13.3. The molecule has 0 saturated heterocycles. The summed E-state index contributed by atoms with van der Waals surface area (Å²) >= 11 is 0. The minimum atomic E-state index is -3.75. The number of rotatable bonds is 2. The van der Waals surface area contributed by atoms with E-state index in [0.29, 0.717) is 48.1 Å². The fourth-order valence-electron chi connectivity index (χ4n) is 3.31. The Labute approximate surface area is 175 Å². The largest absolute Gasteiger partial charge is 0.587 e. The number of hydrogen-bond donors (Lipinski definition) is 2. The molecule has 2 N–H and O–H groups in total. The van der Waals surface area contributed by atoms with Crippen LogP contribution in [0.5, 0.6) is 11.6 Å². The number of anilines is 3. The average molecular weight is 426 g/mol. The van der Waals surface area contributed by atoms with Gasteiger partial charge in [-0.15, -0.1) is 8.78 Å². The van der Waals surface area contributed by atoms with Gasteiger partial charge in [0.2, 0.25) is 0 Å². The molecule has 158 valence electrons. The molecule has 2 aliphatic rings. The number of carbonyl (C=O) groups excluding carboxylic acids is 1. The van der Waals surface area contributed by atoms with Gasteiger partial charge < -0.3 is 14.8 Å². The second-order valence-corrected chi connectivity index (χ2v) is 6.84. The summed E-state index contributed by atoms with van der Waals surface area (Å²) in [5, 5.41) is 6.00. The molecule has 0 fully saturated rings. The zero-order chi connectivity index (χ0) is 21.4. The second kappa shape index (κ2) is 7.35. The van der Waals surface area contributed by atoms with Crippen LogP contribution in [0.4, 0.5) is 30.9 Å². The number of fused-ring (bicyclic) bond motifs is 2. The van der Waals surface area contributed by atoms with Crippen LogP contribution >= 0.6 is 0 Å². The summed E-state index contributed by atoms with van der Waals surface area (Å²) < 4.78 is 35.4. The van der Waals surface area contributed by atoms with Gasteiger partial charge in [0.05, 0.1) is 11.4 Å². The lowest BCUT2D eigenvalue weighted by Crippen LogP contribution is -2.36. The summed E-state index contributed by atoms with van der Waals surface area (Å²) in [6.45, 7) is 1.10. The van der Waals surface area contributed by atoms with Crippen molar-refractivity contribution in [2.75, 3.05) is 28.6 Å². The molecule has 0 spiro atoms. The SMILES string of the molecule is O=C(Nc1ccccn1)N1CCCNc2ccc(-c3cnc4c(c3)OC(F)(F)O4)nc21. The minimum absolute atomic E-state index is 0.179. The van der Waals surface area contributed by atoms with E-state index in [9.17, 15) is 13.6 Å². The minimum Gasteiger partial charge on any atom is -0.393 e. The van der Waals surface area contributed by atoms with Gasteiger partial charge in [0.1, 0.15) is 5.82 Å². The molecule has 0 radical (unpaired) electrons. The van der Waals surface area contributed by atoms with Crippen molar-refractivity contribution in [1.29, 1.82) is 0 Å². The van der Waals surface area contributed by atoms with E-state index in [0.717, 1.165) is 0 Å². The predicted octanol–water partition coefficient (Wildman–Crippen LogP) is 3.71.